The van der Waals surface area contributed by atoms with E-state index < -0.39 is 0 Å². The minimum absolute atomic E-state index is 0.0686. The summed E-state index contributed by atoms with van der Waals surface area (Å²) in [6.07, 6.45) is 4.35. The number of rotatable bonds is 6. The van der Waals surface area contributed by atoms with Crippen LogP contribution in [0, 0.1) is 6.92 Å². The molecule has 2 N–H and O–H groups in total. The van der Waals surface area contributed by atoms with Crippen LogP contribution in [0.3, 0.4) is 0 Å². The number of halogens is 1. The Morgan fingerprint density at radius 3 is 2.59 bits per heavy atom. The first kappa shape index (κ1) is 27.2. The van der Waals surface area contributed by atoms with Crippen LogP contribution in [0.1, 0.15) is 61.7 Å². The van der Waals surface area contributed by atoms with Crippen molar-refractivity contribution in [2.75, 3.05) is 23.8 Å². The molecule has 0 saturated carbocycles. The second kappa shape index (κ2) is 10.6. The molecule has 1 aromatic heterocycles. The van der Waals surface area contributed by atoms with Gasteiger partial charge in [0.25, 0.3) is 0 Å². The Hall–Kier alpha value is -3.42. The number of benzene rings is 2. The van der Waals surface area contributed by atoms with Crippen LogP contribution >= 0.6 is 23.8 Å². The molecule has 3 aromatic rings. The van der Waals surface area contributed by atoms with Gasteiger partial charge in [0.1, 0.15) is 0 Å². The van der Waals surface area contributed by atoms with Crippen LogP contribution in [-0.2, 0) is 4.79 Å². The van der Waals surface area contributed by atoms with Gasteiger partial charge in [-0.05, 0) is 87.4 Å². The third kappa shape index (κ3) is 5.38. The Labute approximate surface area is 241 Å². The van der Waals surface area contributed by atoms with Crippen LogP contribution in [0.25, 0.3) is 5.57 Å². The summed E-state index contributed by atoms with van der Waals surface area (Å²) in [5, 5.41) is 7.71. The normalized spacial score (nSPS) is 19.8. The number of aromatic nitrogens is 1. The Morgan fingerprint density at radius 1 is 1.15 bits per heavy atom. The number of aryl methyl sites for hydroxylation is 1. The van der Waals surface area contributed by atoms with E-state index in [0.717, 1.165) is 33.8 Å². The second-order valence-electron chi connectivity index (χ2n) is 10.9. The first-order valence-electron chi connectivity index (χ1n) is 13.2. The number of likely N-dealkylation sites (N-methyl/N-ethyl adjacent to an activating group) is 1. The van der Waals surface area contributed by atoms with E-state index in [9.17, 15) is 4.79 Å². The molecule has 0 aliphatic carbocycles. The highest BCUT2D eigenvalue weighted by atomic mass is 35.5. The van der Waals surface area contributed by atoms with Gasteiger partial charge in [0, 0.05) is 48.2 Å². The molecule has 2 aliphatic heterocycles. The molecule has 0 spiro atoms. The number of nitrogens with one attached hydrogen (secondary N) is 2. The summed E-state index contributed by atoms with van der Waals surface area (Å²) >= 11 is 12.9. The minimum Gasteiger partial charge on any atom is -0.365 e. The monoisotopic (exact) mass is 559 g/mol. The molecule has 202 valence electrons. The van der Waals surface area contributed by atoms with Gasteiger partial charge in [-0.3, -0.25) is 9.78 Å². The van der Waals surface area contributed by atoms with E-state index in [-0.39, 0.29) is 30.0 Å². The van der Waals surface area contributed by atoms with Gasteiger partial charge in [-0.1, -0.05) is 41.4 Å². The predicted octanol–water partition coefficient (Wildman–Crippen LogP) is 6.68. The molecule has 2 aliphatic rings. The molecular weight excluding hydrogens is 526 g/mol. The summed E-state index contributed by atoms with van der Waals surface area (Å²) in [4.78, 5) is 21.9. The SMILES string of the molecule is CC1=CC(C)(C)N(C)c2cc(Cl)c([C@@H]3[C@H](c4ccccn4)NC(=S)N3CCC(=O)Nc3ccc(C)cc3)cc21. The molecule has 0 radical (unpaired) electrons. The Balaban J connectivity index is 1.48. The fourth-order valence-corrected chi connectivity index (χ4v) is 6.08. The van der Waals surface area contributed by atoms with Gasteiger partial charge in [0.05, 0.1) is 23.3 Å². The number of pyridine rings is 1. The zero-order valence-electron chi connectivity index (χ0n) is 23.0. The van der Waals surface area contributed by atoms with Crippen molar-refractivity contribution in [1.82, 2.24) is 15.2 Å². The molecule has 0 bridgehead atoms. The smallest absolute Gasteiger partial charge is 0.226 e. The molecule has 3 heterocycles. The highest BCUT2D eigenvalue weighted by molar-refractivity contribution is 7.80. The minimum atomic E-state index is -0.231. The first-order valence-corrected chi connectivity index (χ1v) is 14.0. The standard InChI is InChI=1S/C31H34ClN5OS/c1-19-9-11-21(12-10-19)34-27(38)13-15-37-29(28(35-30(37)39)25-8-6-7-14-33-25)23-16-22-20(2)18-31(3,4)36(5)26(22)17-24(23)32/h6-12,14,16-18,28-29H,13,15H2,1-5H3,(H,34,38)(H,35,39)/t28-,29+/m0/s1. The van der Waals surface area contributed by atoms with Gasteiger partial charge in [-0.15, -0.1) is 0 Å². The van der Waals surface area contributed by atoms with E-state index in [1.807, 2.05) is 49.4 Å². The van der Waals surface area contributed by atoms with Crippen molar-refractivity contribution in [2.45, 2.75) is 51.7 Å². The Kier molecular flexibility index (Phi) is 7.40. The lowest BCUT2D eigenvalue weighted by atomic mass is 9.86. The van der Waals surface area contributed by atoms with Crippen molar-refractivity contribution >= 4 is 51.8 Å². The quantitative estimate of drug-likeness (QED) is 0.329. The summed E-state index contributed by atoms with van der Waals surface area (Å²) < 4.78 is 0. The summed E-state index contributed by atoms with van der Waals surface area (Å²) in [6, 6.07) is 17.5. The average Bonchev–Trinajstić information content (AvgIpc) is 3.23. The first-order chi connectivity index (χ1) is 18.5. The lowest BCUT2D eigenvalue weighted by Crippen LogP contribution is -2.42. The van der Waals surface area contributed by atoms with Crippen LogP contribution < -0.4 is 15.5 Å². The van der Waals surface area contributed by atoms with Crippen molar-refractivity contribution in [1.29, 1.82) is 0 Å². The van der Waals surface area contributed by atoms with Crippen molar-refractivity contribution in [2.24, 2.45) is 0 Å². The molecule has 1 saturated heterocycles. The topological polar surface area (TPSA) is 60.5 Å². The van der Waals surface area contributed by atoms with Crippen LogP contribution in [0.2, 0.25) is 5.02 Å². The number of fused-ring (bicyclic) bond motifs is 1. The van der Waals surface area contributed by atoms with Crippen molar-refractivity contribution in [3.63, 3.8) is 0 Å². The zero-order valence-corrected chi connectivity index (χ0v) is 24.5. The van der Waals surface area contributed by atoms with Crippen molar-refractivity contribution < 1.29 is 4.79 Å². The molecule has 0 unspecified atom stereocenters. The van der Waals surface area contributed by atoms with Crippen LogP contribution in [-0.4, -0.2) is 40.0 Å². The number of nitrogens with zero attached hydrogens (tertiary/aromatic N) is 3. The number of hydrogen-bond acceptors (Lipinski definition) is 4. The second-order valence-corrected chi connectivity index (χ2v) is 11.7. The lowest BCUT2D eigenvalue weighted by Gasteiger charge is -2.41. The highest BCUT2D eigenvalue weighted by Gasteiger charge is 2.41. The molecule has 2 aromatic carbocycles. The number of hydrogen-bond donors (Lipinski definition) is 2. The number of allylic oxidation sites excluding steroid dienone is 1. The van der Waals surface area contributed by atoms with Gasteiger partial charge in [0.2, 0.25) is 5.91 Å². The number of thiocarbonyl (C=S) groups is 1. The van der Waals surface area contributed by atoms with E-state index in [4.69, 9.17) is 23.8 Å². The third-order valence-corrected chi connectivity index (χ3v) is 8.45. The predicted molar refractivity (Wildman–Crippen MR) is 164 cm³/mol. The van der Waals surface area contributed by atoms with Crippen LogP contribution in [0.5, 0.6) is 0 Å². The average molecular weight is 560 g/mol. The number of carbonyl (C=O) groups is 1. The summed E-state index contributed by atoms with van der Waals surface area (Å²) in [5.41, 5.74) is 7.08. The van der Waals surface area contributed by atoms with E-state index in [0.29, 0.717) is 16.7 Å². The number of carbonyl (C=O) groups excluding carboxylic acids is 1. The molecular formula is C31H34ClN5OS. The van der Waals surface area contributed by atoms with Crippen molar-refractivity contribution in [3.8, 4) is 0 Å². The lowest BCUT2D eigenvalue weighted by molar-refractivity contribution is -0.116. The molecule has 2 atom stereocenters. The number of amides is 1. The molecule has 1 fully saturated rings. The summed E-state index contributed by atoms with van der Waals surface area (Å²) in [5.74, 6) is -0.0686. The largest absolute Gasteiger partial charge is 0.365 e. The molecule has 39 heavy (non-hydrogen) atoms. The summed E-state index contributed by atoms with van der Waals surface area (Å²) in [6.45, 7) is 8.99. The third-order valence-electron chi connectivity index (χ3n) is 7.77. The van der Waals surface area contributed by atoms with E-state index >= 15 is 0 Å². The number of anilines is 2. The van der Waals surface area contributed by atoms with Gasteiger partial charge in [0.15, 0.2) is 5.11 Å². The Bertz CT molecular complexity index is 1440. The summed E-state index contributed by atoms with van der Waals surface area (Å²) in [7, 11) is 2.10. The van der Waals surface area contributed by atoms with Crippen LogP contribution in [0.4, 0.5) is 11.4 Å². The molecule has 1 amide bonds. The fraction of sp³-hybridized carbons (Fsp3) is 0.323. The molecule has 6 nitrogen and oxygen atoms in total. The Morgan fingerprint density at radius 2 is 1.90 bits per heavy atom. The van der Waals surface area contributed by atoms with Gasteiger partial charge < -0.3 is 20.4 Å². The van der Waals surface area contributed by atoms with E-state index in [1.165, 1.54) is 5.57 Å². The van der Waals surface area contributed by atoms with Crippen LogP contribution in [0.15, 0.2) is 66.9 Å². The maximum absolute atomic E-state index is 12.9. The highest BCUT2D eigenvalue weighted by Crippen LogP contribution is 2.46. The van der Waals surface area contributed by atoms with Gasteiger partial charge >= 0.3 is 0 Å². The maximum atomic E-state index is 12.9. The zero-order chi connectivity index (χ0) is 27.9. The molecule has 5 rings (SSSR count). The van der Waals surface area contributed by atoms with Gasteiger partial charge in [-0.25, -0.2) is 0 Å². The van der Waals surface area contributed by atoms with Crippen molar-refractivity contribution in [3.05, 3.63) is 94.3 Å². The molecule has 8 heteroatoms. The maximum Gasteiger partial charge on any atom is 0.226 e. The van der Waals surface area contributed by atoms with E-state index in [2.05, 4.69) is 71.4 Å². The fourth-order valence-electron chi connectivity index (χ4n) is 5.48. The van der Waals surface area contributed by atoms with Gasteiger partial charge in [-0.2, -0.15) is 0 Å². The van der Waals surface area contributed by atoms with E-state index in [1.54, 1.807) is 6.20 Å².